The van der Waals surface area contributed by atoms with Crippen molar-refractivity contribution < 1.29 is 0 Å². The van der Waals surface area contributed by atoms with Crippen molar-refractivity contribution in [2.45, 2.75) is 26.7 Å². The van der Waals surface area contributed by atoms with E-state index in [1.807, 2.05) is 11.8 Å². The molecule has 0 aromatic rings. The lowest BCUT2D eigenvalue weighted by Gasteiger charge is -1.83. The summed E-state index contributed by atoms with van der Waals surface area (Å²) in [6.07, 6.45) is 4.72. The van der Waals surface area contributed by atoms with Gasteiger partial charge in [0.2, 0.25) is 0 Å². The predicted octanol–water partition coefficient (Wildman–Crippen LogP) is 3.05. The first-order chi connectivity index (χ1) is 3.91. The summed E-state index contributed by atoms with van der Waals surface area (Å²) in [7, 11) is 0. The summed E-state index contributed by atoms with van der Waals surface area (Å²) >= 11 is 1.87. The van der Waals surface area contributed by atoms with Gasteiger partial charge in [-0.2, -0.15) is 0 Å². The van der Waals surface area contributed by atoms with E-state index >= 15 is 0 Å². The van der Waals surface area contributed by atoms with Crippen molar-refractivity contribution in [3.8, 4) is 0 Å². The van der Waals surface area contributed by atoms with Gasteiger partial charge in [0.1, 0.15) is 0 Å². The zero-order chi connectivity index (χ0) is 6.24. The fourth-order valence-electron chi connectivity index (χ4n) is 0.399. The Morgan fingerprint density at radius 3 is 2.62 bits per heavy atom. The molecule has 0 radical (unpaired) electrons. The Bertz CT molecular complexity index is 49.4. The molecule has 0 aromatic carbocycles. The Kier molecular flexibility index (Phi) is 7.17. The van der Waals surface area contributed by atoms with E-state index in [4.69, 9.17) is 0 Å². The monoisotopic (exact) mass is 130 g/mol. The van der Waals surface area contributed by atoms with E-state index in [1.54, 1.807) is 0 Å². The molecule has 8 heavy (non-hydrogen) atoms. The minimum absolute atomic E-state index is 1.19. The molecule has 0 aliphatic heterocycles. The Hall–Kier alpha value is 0.0900. The van der Waals surface area contributed by atoms with Gasteiger partial charge in [0.25, 0.3) is 0 Å². The third-order valence-electron chi connectivity index (χ3n) is 0.814. The lowest BCUT2D eigenvalue weighted by molar-refractivity contribution is 0.960. The number of thioether (sulfide) groups is 1. The van der Waals surface area contributed by atoms with Crippen LogP contribution >= 0.6 is 11.8 Å². The first-order valence-electron chi connectivity index (χ1n) is 3.18. The van der Waals surface area contributed by atoms with Gasteiger partial charge in [0.15, 0.2) is 0 Å². The van der Waals surface area contributed by atoms with Crippen molar-refractivity contribution in [3.05, 3.63) is 11.5 Å². The number of allylic oxidation sites excluding steroid dienone is 1. The molecule has 0 aromatic heterocycles. The van der Waals surface area contributed by atoms with Crippen molar-refractivity contribution >= 4 is 11.8 Å². The van der Waals surface area contributed by atoms with Crippen LogP contribution in [0.15, 0.2) is 11.5 Å². The molecule has 0 aliphatic rings. The van der Waals surface area contributed by atoms with Crippen molar-refractivity contribution in [1.29, 1.82) is 0 Å². The van der Waals surface area contributed by atoms with E-state index in [0.29, 0.717) is 0 Å². The molecule has 0 saturated heterocycles. The summed E-state index contributed by atoms with van der Waals surface area (Å²) in [6, 6.07) is 0. The average Bonchev–Trinajstić information content (AvgIpc) is 1.81. The van der Waals surface area contributed by atoms with Gasteiger partial charge in [-0.25, -0.2) is 0 Å². The normalized spacial score (nSPS) is 10.8. The molecule has 0 amide bonds. The number of unbranched alkanes of at least 4 members (excludes halogenated alkanes) is 1. The highest BCUT2D eigenvalue weighted by molar-refractivity contribution is 8.02. The molecule has 0 unspecified atom stereocenters. The zero-order valence-corrected chi connectivity index (χ0v) is 6.50. The lowest BCUT2D eigenvalue weighted by atomic mass is 10.3. The van der Waals surface area contributed by atoms with Gasteiger partial charge in [-0.3, -0.25) is 0 Å². The maximum atomic E-state index is 2.23. The summed E-state index contributed by atoms with van der Waals surface area (Å²) in [5.41, 5.74) is 0. The van der Waals surface area contributed by atoms with Crippen LogP contribution in [0.25, 0.3) is 0 Å². The maximum absolute atomic E-state index is 2.23. The molecule has 0 heterocycles. The highest BCUT2D eigenvalue weighted by atomic mass is 32.2. The smallest absolute Gasteiger partial charge is 0.00546 e. The van der Waals surface area contributed by atoms with Crippen LogP contribution in [-0.2, 0) is 0 Å². The quantitative estimate of drug-likeness (QED) is 0.563. The van der Waals surface area contributed by atoms with Crippen molar-refractivity contribution in [2.75, 3.05) is 5.75 Å². The molecule has 1 heteroatoms. The molecule has 48 valence electrons. The topological polar surface area (TPSA) is 0 Å². The molecule has 0 nitrogen and oxygen atoms in total. The van der Waals surface area contributed by atoms with Gasteiger partial charge in [-0.05, 0) is 17.6 Å². The summed E-state index contributed by atoms with van der Waals surface area (Å²) in [5, 5.41) is 2.18. The van der Waals surface area contributed by atoms with E-state index < -0.39 is 0 Å². The third kappa shape index (κ3) is 6.09. The standard InChI is InChI=1S/C7H14S/c1-3-5-6-7-8-4-2/h6-7H,3-5H2,1-2H3. The Balaban J connectivity index is 2.83. The molecule has 0 N–H and O–H groups in total. The predicted molar refractivity (Wildman–Crippen MR) is 42.2 cm³/mol. The molecule has 0 saturated carbocycles. The average molecular weight is 130 g/mol. The number of rotatable bonds is 4. The largest absolute Gasteiger partial charge is 0.135 e. The van der Waals surface area contributed by atoms with Crippen molar-refractivity contribution in [3.63, 3.8) is 0 Å². The molecule has 0 spiro atoms. The van der Waals surface area contributed by atoms with E-state index in [0.717, 1.165) is 0 Å². The van der Waals surface area contributed by atoms with Crippen LogP contribution < -0.4 is 0 Å². The number of hydrogen-bond donors (Lipinski definition) is 0. The second-order valence-corrected chi connectivity index (χ2v) is 2.80. The van der Waals surface area contributed by atoms with Gasteiger partial charge < -0.3 is 0 Å². The Morgan fingerprint density at radius 1 is 1.38 bits per heavy atom. The van der Waals surface area contributed by atoms with Gasteiger partial charge in [-0.15, -0.1) is 11.8 Å². The highest BCUT2D eigenvalue weighted by Gasteiger charge is 1.72. The van der Waals surface area contributed by atoms with E-state index in [2.05, 4.69) is 25.3 Å². The van der Waals surface area contributed by atoms with Crippen LogP contribution in [0.1, 0.15) is 26.7 Å². The van der Waals surface area contributed by atoms with Crippen LogP contribution in [-0.4, -0.2) is 5.75 Å². The summed E-state index contributed by atoms with van der Waals surface area (Å²) in [6.45, 7) is 4.36. The van der Waals surface area contributed by atoms with Gasteiger partial charge in [0.05, 0.1) is 0 Å². The van der Waals surface area contributed by atoms with E-state index in [1.165, 1.54) is 18.6 Å². The second kappa shape index (κ2) is 7.09. The van der Waals surface area contributed by atoms with Gasteiger partial charge in [-0.1, -0.05) is 26.3 Å². The highest BCUT2D eigenvalue weighted by Crippen LogP contribution is 2.01. The molecule has 0 bridgehead atoms. The SMILES string of the molecule is CCCC=CSCC. The minimum Gasteiger partial charge on any atom is -0.135 e. The van der Waals surface area contributed by atoms with E-state index in [-0.39, 0.29) is 0 Å². The first kappa shape index (κ1) is 8.09. The minimum atomic E-state index is 1.19. The van der Waals surface area contributed by atoms with Gasteiger partial charge >= 0.3 is 0 Å². The van der Waals surface area contributed by atoms with Crippen molar-refractivity contribution in [1.82, 2.24) is 0 Å². The fraction of sp³-hybridized carbons (Fsp3) is 0.714. The lowest BCUT2D eigenvalue weighted by Crippen LogP contribution is -1.60. The van der Waals surface area contributed by atoms with Crippen LogP contribution in [0.3, 0.4) is 0 Å². The Labute approximate surface area is 56.4 Å². The van der Waals surface area contributed by atoms with Crippen LogP contribution in [0, 0.1) is 0 Å². The van der Waals surface area contributed by atoms with Crippen LogP contribution in [0.5, 0.6) is 0 Å². The van der Waals surface area contributed by atoms with Crippen LogP contribution in [0.2, 0.25) is 0 Å². The molecule has 0 atom stereocenters. The molecule has 0 aliphatic carbocycles. The van der Waals surface area contributed by atoms with Crippen molar-refractivity contribution in [2.24, 2.45) is 0 Å². The molecular weight excluding hydrogens is 116 g/mol. The van der Waals surface area contributed by atoms with Gasteiger partial charge in [0, 0.05) is 0 Å². The maximum Gasteiger partial charge on any atom is -0.00546 e. The number of hydrogen-bond acceptors (Lipinski definition) is 1. The second-order valence-electron chi connectivity index (χ2n) is 1.62. The fourth-order valence-corrected chi connectivity index (χ4v) is 0.864. The zero-order valence-electron chi connectivity index (χ0n) is 5.68. The third-order valence-corrected chi connectivity index (χ3v) is 1.53. The summed E-state index contributed by atoms with van der Waals surface area (Å²) in [5.74, 6) is 1.19. The molecule has 0 fully saturated rings. The summed E-state index contributed by atoms with van der Waals surface area (Å²) in [4.78, 5) is 0. The summed E-state index contributed by atoms with van der Waals surface area (Å²) < 4.78 is 0. The molecular formula is C7H14S. The van der Waals surface area contributed by atoms with E-state index in [9.17, 15) is 0 Å². The Morgan fingerprint density at radius 2 is 2.12 bits per heavy atom. The molecule has 0 rings (SSSR count). The van der Waals surface area contributed by atoms with Crippen LogP contribution in [0.4, 0.5) is 0 Å². The first-order valence-corrected chi connectivity index (χ1v) is 4.23.